The highest BCUT2D eigenvalue weighted by Crippen LogP contribution is 2.37. The van der Waals surface area contributed by atoms with Gasteiger partial charge in [-0.1, -0.05) is 0 Å². The molecule has 1 saturated heterocycles. The number of benzene rings is 1. The van der Waals surface area contributed by atoms with E-state index in [0.29, 0.717) is 12.0 Å². The van der Waals surface area contributed by atoms with E-state index in [1.165, 1.54) is 12.1 Å². The molecule has 1 aliphatic rings. The first-order chi connectivity index (χ1) is 9.80. The lowest BCUT2D eigenvalue weighted by atomic mass is 9.76. The van der Waals surface area contributed by atoms with E-state index >= 15 is 0 Å². The zero-order chi connectivity index (χ0) is 15.7. The number of ether oxygens (including phenoxy) is 1. The number of halogens is 2. The molecule has 0 aromatic heterocycles. The van der Waals surface area contributed by atoms with Crippen LogP contribution in [0.2, 0.25) is 0 Å². The number of hydrogen-bond donors (Lipinski definition) is 2. The summed E-state index contributed by atoms with van der Waals surface area (Å²) in [5.41, 5.74) is 5.14. The van der Waals surface area contributed by atoms with Gasteiger partial charge in [-0.15, -0.1) is 0 Å². The molecule has 0 radical (unpaired) electrons. The van der Waals surface area contributed by atoms with E-state index in [4.69, 9.17) is 10.5 Å². The summed E-state index contributed by atoms with van der Waals surface area (Å²) in [6, 6.07) is 3.30. The molecule has 1 aliphatic heterocycles. The molecule has 0 bridgehead atoms. The molecule has 1 heterocycles. The average Bonchev–Trinajstić information content (AvgIpc) is 2.74. The third-order valence-corrected chi connectivity index (χ3v) is 4.34. The molecular formula is C16H23F2NO2. The van der Waals surface area contributed by atoms with E-state index in [-0.39, 0.29) is 24.9 Å². The van der Waals surface area contributed by atoms with Crippen molar-refractivity contribution in [1.29, 1.82) is 0 Å². The molecule has 21 heavy (non-hydrogen) atoms. The lowest BCUT2D eigenvalue weighted by Crippen LogP contribution is -2.42. The van der Waals surface area contributed by atoms with Crippen LogP contribution in [0.25, 0.3) is 0 Å². The van der Waals surface area contributed by atoms with Crippen molar-refractivity contribution in [3.05, 3.63) is 35.4 Å². The average molecular weight is 299 g/mol. The molecule has 0 spiro atoms. The Morgan fingerprint density at radius 2 is 1.95 bits per heavy atom. The van der Waals surface area contributed by atoms with Gasteiger partial charge in [0.05, 0.1) is 18.3 Å². The second-order valence-corrected chi connectivity index (χ2v) is 6.54. The van der Waals surface area contributed by atoms with Crippen molar-refractivity contribution < 1.29 is 18.6 Å². The zero-order valence-electron chi connectivity index (χ0n) is 12.5. The van der Waals surface area contributed by atoms with Crippen molar-refractivity contribution in [3.8, 4) is 0 Å². The van der Waals surface area contributed by atoms with Crippen LogP contribution in [0.4, 0.5) is 8.78 Å². The fourth-order valence-electron chi connectivity index (χ4n) is 3.06. The van der Waals surface area contributed by atoms with E-state index in [2.05, 4.69) is 0 Å². The van der Waals surface area contributed by atoms with Crippen molar-refractivity contribution in [2.45, 2.75) is 50.2 Å². The fraction of sp³-hybridized carbons (Fsp3) is 0.625. The van der Waals surface area contributed by atoms with E-state index in [1.807, 2.05) is 13.8 Å². The summed E-state index contributed by atoms with van der Waals surface area (Å²) >= 11 is 0. The number of nitrogens with two attached hydrogens (primary N) is 1. The van der Waals surface area contributed by atoms with Crippen LogP contribution < -0.4 is 5.73 Å². The highest BCUT2D eigenvalue weighted by atomic mass is 19.1. The van der Waals surface area contributed by atoms with Gasteiger partial charge in [0.25, 0.3) is 0 Å². The molecule has 0 saturated carbocycles. The van der Waals surface area contributed by atoms with Gasteiger partial charge in [0.2, 0.25) is 0 Å². The summed E-state index contributed by atoms with van der Waals surface area (Å²) in [5, 5.41) is 9.82. The van der Waals surface area contributed by atoms with E-state index in [9.17, 15) is 13.9 Å². The molecule has 118 valence electrons. The Labute approximate surface area is 124 Å². The maximum atomic E-state index is 13.5. The number of aliphatic hydroxyl groups is 1. The first-order valence-electron chi connectivity index (χ1n) is 7.26. The highest BCUT2D eigenvalue weighted by Gasteiger charge is 2.39. The van der Waals surface area contributed by atoms with Gasteiger partial charge in [-0.05, 0) is 50.8 Å². The Hall–Kier alpha value is -1.04. The predicted octanol–water partition coefficient (Wildman–Crippen LogP) is 2.50. The van der Waals surface area contributed by atoms with Crippen LogP contribution in [0.3, 0.4) is 0 Å². The Bertz CT molecular complexity index is 481. The summed E-state index contributed by atoms with van der Waals surface area (Å²) in [5.74, 6) is -1.33. The van der Waals surface area contributed by atoms with Gasteiger partial charge in [0, 0.05) is 18.0 Å². The quantitative estimate of drug-likeness (QED) is 0.878. The van der Waals surface area contributed by atoms with Gasteiger partial charge in [-0.3, -0.25) is 0 Å². The summed E-state index contributed by atoms with van der Waals surface area (Å²) in [6.45, 7) is 3.86. The largest absolute Gasteiger partial charge is 0.395 e. The van der Waals surface area contributed by atoms with Gasteiger partial charge >= 0.3 is 0 Å². The highest BCUT2D eigenvalue weighted by molar-refractivity contribution is 5.28. The third kappa shape index (κ3) is 3.59. The van der Waals surface area contributed by atoms with Crippen molar-refractivity contribution in [2.24, 2.45) is 5.73 Å². The Balaban J connectivity index is 2.28. The second kappa shape index (κ2) is 5.99. The topological polar surface area (TPSA) is 55.5 Å². The van der Waals surface area contributed by atoms with Crippen LogP contribution in [0, 0.1) is 11.6 Å². The van der Waals surface area contributed by atoms with Crippen molar-refractivity contribution in [1.82, 2.24) is 0 Å². The number of hydrogen-bond acceptors (Lipinski definition) is 3. The zero-order valence-corrected chi connectivity index (χ0v) is 12.5. The molecular weight excluding hydrogens is 276 g/mol. The van der Waals surface area contributed by atoms with E-state index < -0.39 is 17.0 Å². The Morgan fingerprint density at radius 3 is 2.38 bits per heavy atom. The number of rotatable bonds is 5. The lowest BCUT2D eigenvalue weighted by molar-refractivity contribution is -0.0313. The maximum Gasteiger partial charge on any atom is 0.126 e. The van der Waals surface area contributed by atoms with E-state index in [1.54, 1.807) is 0 Å². The lowest BCUT2D eigenvalue weighted by Gasteiger charge is -2.34. The molecule has 3 N–H and O–H groups in total. The van der Waals surface area contributed by atoms with Gasteiger partial charge in [0.1, 0.15) is 11.6 Å². The van der Waals surface area contributed by atoms with Crippen LogP contribution in [0.5, 0.6) is 0 Å². The first kappa shape index (κ1) is 16.3. The van der Waals surface area contributed by atoms with E-state index in [0.717, 1.165) is 18.9 Å². The van der Waals surface area contributed by atoms with Crippen LogP contribution in [-0.4, -0.2) is 30.0 Å². The van der Waals surface area contributed by atoms with Gasteiger partial charge in [-0.25, -0.2) is 8.78 Å². The second-order valence-electron chi connectivity index (χ2n) is 6.54. The molecule has 2 rings (SSSR count). The molecule has 2 atom stereocenters. The fourth-order valence-corrected chi connectivity index (χ4v) is 3.06. The Kier molecular flexibility index (Phi) is 4.66. The van der Waals surface area contributed by atoms with Crippen LogP contribution >= 0.6 is 0 Å². The van der Waals surface area contributed by atoms with Gasteiger partial charge in [0.15, 0.2) is 0 Å². The molecule has 2 unspecified atom stereocenters. The standard InChI is InChI=1S/C16H23F2NO2/c1-15(2)4-3-14(21-15)8-16(9-19,10-20)11-5-12(17)7-13(18)6-11/h5-7,14,20H,3-4,8-10,19H2,1-2H3. The molecule has 1 aromatic carbocycles. The molecule has 5 heteroatoms. The predicted molar refractivity (Wildman–Crippen MR) is 77.0 cm³/mol. The number of aliphatic hydroxyl groups excluding tert-OH is 1. The molecule has 0 amide bonds. The van der Waals surface area contributed by atoms with Crippen molar-refractivity contribution in [2.75, 3.05) is 13.2 Å². The maximum absolute atomic E-state index is 13.5. The van der Waals surface area contributed by atoms with Crippen molar-refractivity contribution in [3.63, 3.8) is 0 Å². The third-order valence-electron chi connectivity index (χ3n) is 4.34. The monoisotopic (exact) mass is 299 g/mol. The minimum Gasteiger partial charge on any atom is -0.395 e. The van der Waals surface area contributed by atoms with Crippen LogP contribution in [0.1, 0.15) is 38.7 Å². The summed E-state index contributed by atoms with van der Waals surface area (Å²) in [4.78, 5) is 0. The van der Waals surface area contributed by atoms with Gasteiger partial charge in [-0.2, -0.15) is 0 Å². The summed E-state index contributed by atoms with van der Waals surface area (Å²) in [6.07, 6.45) is 2.15. The van der Waals surface area contributed by atoms with Crippen molar-refractivity contribution >= 4 is 0 Å². The first-order valence-corrected chi connectivity index (χ1v) is 7.26. The SMILES string of the molecule is CC1(C)CCC(CC(CN)(CO)c2cc(F)cc(F)c2)O1. The minimum absolute atomic E-state index is 0.0676. The van der Waals surface area contributed by atoms with Crippen LogP contribution in [-0.2, 0) is 10.2 Å². The molecule has 0 aliphatic carbocycles. The summed E-state index contributed by atoms with van der Waals surface area (Å²) in [7, 11) is 0. The van der Waals surface area contributed by atoms with Crippen LogP contribution in [0.15, 0.2) is 18.2 Å². The molecule has 1 fully saturated rings. The smallest absolute Gasteiger partial charge is 0.126 e. The Morgan fingerprint density at radius 1 is 1.33 bits per heavy atom. The molecule has 3 nitrogen and oxygen atoms in total. The summed E-state index contributed by atoms with van der Waals surface area (Å²) < 4.78 is 32.9. The minimum atomic E-state index is -0.881. The van der Waals surface area contributed by atoms with Gasteiger partial charge < -0.3 is 15.6 Å². The normalized spacial score (nSPS) is 24.0. The molecule has 1 aromatic rings.